The Hall–Kier alpha value is -0.950. The van der Waals surface area contributed by atoms with Crippen molar-refractivity contribution in [1.29, 1.82) is 0 Å². The first-order valence-electron chi connectivity index (χ1n) is 8.24. The van der Waals surface area contributed by atoms with Crippen LogP contribution < -0.4 is 15.8 Å². The maximum absolute atomic E-state index is 11.2. The van der Waals surface area contributed by atoms with E-state index in [0.29, 0.717) is 25.7 Å². The highest BCUT2D eigenvalue weighted by Gasteiger charge is 2.15. The average molecular weight is 498 g/mol. The van der Waals surface area contributed by atoms with E-state index >= 15 is 0 Å². The Morgan fingerprint density at radius 3 is 2.65 bits per heavy atom. The van der Waals surface area contributed by atoms with Gasteiger partial charge in [0.05, 0.1) is 17.6 Å². The molecular formula is C16H27IN4O4S. The van der Waals surface area contributed by atoms with Gasteiger partial charge in [0.25, 0.3) is 0 Å². The highest BCUT2D eigenvalue weighted by atomic mass is 127. The van der Waals surface area contributed by atoms with Crippen LogP contribution in [-0.4, -0.2) is 53.9 Å². The predicted molar refractivity (Wildman–Crippen MR) is 111 cm³/mol. The molecule has 0 saturated carbocycles. The van der Waals surface area contributed by atoms with Gasteiger partial charge in [-0.25, -0.2) is 13.6 Å². The van der Waals surface area contributed by atoms with Crippen molar-refractivity contribution in [2.45, 2.75) is 30.4 Å². The maximum atomic E-state index is 11.2. The van der Waals surface area contributed by atoms with Gasteiger partial charge in [0.15, 0.2) is 5.96 Å². The van der Waals surface area contributed by atoms with Gasteiger partial charge in [0, 0.05) is 33.4 Å². The van der Waals surface area contributed by atoms with Crippen LogP contribution in [0, 0.1) is 0 Å². The summed E-state index contributed by atoms with van der Waals surface area (Å²) in [5.74, 6) is 0.680. The van der Waals surface area contributed by atoms with E-state index in [1.807, 2.05) is 0 Å². The van der Waals surface area contributed by atoms with E-state index in [0.717, 1.165) is 31.6 Å². The fourth-order valence-corrected chi connectivity index (χ4v) is 2.89. The van der Waals surface area contributed by atoms with Crippen LogP contribution in [0.3, 0.4) is 0 Å². The third kappa shape index (κ3) is 8.16. The Balaban J connectivity index is 0.00000338. The second kappa shape index (κ2) is 11.7. The molecule has 1 aromatic carbocycles. The molecule has 1 aromatic rings. The SMILES string of the molecule is CN=C(NCCCOC1CCOC1)NCc1ccc(S(N)(=O)=O)cc1.I. The second-order valence-corrected chi connectivity index (χ2v) is 7.31. The van der Waals surface area contributed by atoms with Gasteiger partial charge in [-0.2, -0.15) is 0 Å². The summed E-state index contributed by atoms with van der Waals surface area (Å²) >= 11 is 0. The smallest absolute Gasteiger partial charge is 0.238 e. The molecule has 1 atom stereocenters. The number of nitrogens with one attached hydrogen (secondary N) is 2. The normalized spacial score (nSPS) is 17.6. The Labute approximate surface area is 172 Å². The first-order valence-corrected chi connectivity index (χ1v) is 9.79. The van der Waals surface area contributed by atoms with Crippen LogP contribution in [0.4, 0.5) is 0 Å². The van der Waals surface area contributed by atoms with Gasteiger partial charge in [-0.15, -0.1) is 24.0 Å². The number of benzene rings is 1. The van der Waals surface area contributed by atoms with Gasteiger partial charge in [-0.1, -0.05) is 12.1 Å². The van der Waals surface area contributed by atoms with Crippen LogP contribution in [-0.2, 0) is 26.0 Å². The van der Waals surface area contributed by atoms with E-state index in [9.17, 15) is 8.42 Å². The lowest BCUT2D eigenvalue weighted by Gasteiger charge is -2.13. The van der Waals surface area contributed by atoms with E-state index in [1.165, 1.54) is 12.1 Å². The van der Waals surface area contributed by atoms with E-state index in [-0.39, 0.29) is 35.0 Å². The highest BCUT2D eigenvalue weighted by Crippen LogP contribution is 2.09. The van der Waals surface area contributed by atoms with Crippen LogP contribution in [0.1, 0.15) is 18.4 Å². The van der Waals surface area contributed by atoms with Gasteiger partial charge in [0.2, 0.25) is 10.0 Å². The zero-order valence-electron chi connectivity index (χ0n) is 14.8. The molecule has 148 valence electrons. The van der Waals surface area contributed by atoms with Crippen LogP contribution >= 0.6 is 24.0 Å². The Morgan fingerprint density at radius 1 is 1.35 bits per heavy atom. The quantitative estimate of drug-likeness (QED) is 0.212. The minimum absolute atomic E-state index is 0. The molecule has 0 amide bonds. The average Bonchev–Trinajstić information content (AvgIpc) is 3.10. The van der Waals surface area contributed by atoms with E-state index in [1.54, 1.807) is 19.2 Å². The molecule has 26 heavy (non-hydrogen) atoms. The van der Waals surface area contributed by atoms with Crippen molar-refractivity contribution in [1.82, 2.24) is 10.6 Å². The number of rotatable bonds is 8. The molecule has 1 fully saturated rings. The van der Waals surface area contributed by atoms with Gasteiger partial charge < -0.3 is 20.1 Å². The molecule has 1 aliphatic rings. The van der Waals surface area contributed by atoms with Crippen molar-refractivity contribution >= 4 is 40.0 Å². The molecule has 0 aromatic heterocycles. The monoisotopic (exact) mass is 498 g/mol. The first kappa shape index (κ1) is 23.1. The number of ether oxygens (including phenoxy) is 2. The first-order chi connectivity index (χ1) is 12.0. The molecule has 0 bridgehead atoms. The lowest BCUT2D eigenvalue weighted by molar-refractivity contribution is 0.0420. The minimum Gasteiger partial charge on any atom is -0.379 e. The van der Waals surface area contributed by atoms with Crippen molar-refractivity contribution < 1.29 is 17.9 Å². The number of hydrogen-bond acceptors (Lipinski definition) is 5. The Morgan fingerprint density at radius 2 is 2.08 bits per heavy atom. The number of nitrogens with zero attached hydrogens (tertiary/aromatic N) is 1. The van der Waals surface area contributed by atoms with Crippen LogP contribution in [0.2, 0.25) is 0 Å². The molecular weight excluding hydrogens is 471 g/mol. The van der Waals surface area contributed by atoms with Gasteiger partial charge in [0.1, 0.15) is 0 Å². The van der Waals surface area contributed by atoms with Crippen LogP contribution in [0.5, 0.6) is 0 Å². The maximum Gasteiger partial charge on any atom is 0.238 e. The number of hydrogen-bond donors (Lipinski definition) is 3. The van der Waals surface area contributed by atoms with Crippen LogP contribution in [0.15, 0.2) is 34.2 Å². The Kier molecular flexibility index (Phi) is 10.4. The number of primary sulfonamides is 1. The van der Waals surface area contributed by atoms with Gasteiger partial charge in [-0.3, -0.25) is 4.99 Å². The molecule has 2 rings (SSSR count). The summed E-state index contributed by atoms with van der Waals surface area (Å²) < 4.78 is 33.4. The van der Waals surface area contributed by atoms with E-state index in [2.05, 4.69) is 15.6 Å². The summed E-state index contributed by atoms with van der Waals surface area (Å²) in [6, 6.07) is 6.42. The van der Waals surface area contributed by atoms with Crippen molar-refractivity contribution in [2.24, 2.45) is 10.1 Å². The molecule has 1 aliphatic heterocycles. The summed E-state index contributed by atoms with van der Waals surface area (Å²) in [5, 5.41) is 11.5. The summed E-state index contributed by atoms with van der Waals surface area (Å²) in [6.07, 6.45) is 2.08. The summed E-state index contributed by atoms with van der Waals surface area (Å²) in [7, 11) is -1.96. The molecule has 1 unspecified atom stereocenters. The number of halogens is 1. The molecule has 10 heteroatoms. The zero-order valence-corrected chi connectivity index (χ0v) is 18.0. The molecule has 1 saturated heterocycles. The standard InChI is InChI=1S/C16H26N4O4S.HI/c1-18-16(19-8-2-9-24-14-7-10-23-12-14)20-11-13-3-5-15(6-4-13)25(17,21)22;/h3-6,14H,2,7-12H2,1H3,(H2,17,21,22)(H2,18,19,20);1H. The number of sulfonamides is 1. The van der Waals surface area contributed by atoms with Gasteiger partial charge in [-0.05, 0) is 30.5 Å². The highest BCUT2D eigenvalue weighted by molar-refractivity contribution is 14.0. The third-order valence-electron chi connectivity index (χ3n) is 3.79. The number of aliphatic imine (C=N–C) groups is 1. The van der Waals surface area contributed by atoms with Crippen molar-refractivity contribution in [3.05, 3.63) is 29.8 Å². The van der Waals surface area contributed by atoms with E-state index in [4.69, 9.17) is 14.6 Å². The van der Waals surface area contributed by atoms with Crippen molar-refractivity contribution in [3.63, 3.8) is 0 Å². The largest absolute Gasteiger partial charge is 0.379 e. The minimum atomic E-state index is -3.66. The zero-order chi connectivity index (χ0) is 18.1. The molecule has 0 radical (unpaired) electrons. The van der Waals surface area contributed by atoms with Crippen LogP contribution in [0.25, 0.3) is 0 Å². The van der Waals surface area contributed by atoms with E-state index < -0.39 is 10.0 Å². The summed E-state index contributed by atoms with van der Waals surface area (Å²) in [6.45, 7) is 3.45. The molecule has 1 heterocycles. The molecule has 4 N–H and O–H groups in total. The fraction of sp³-hybridized carbons (Fsp3) is 0.562. The summed E-state index contributed by atoms with van der Waals surface area (Å²) in [4.78, 5) is 4.26. The Bertz CT molecular complexity index is 661. The third-order valence-corrected chi connectivity index (χ3v) is 4.72. The summed E-state index contributed by atoms with van der Waals surface area (Å²) in [5.41, 5.74) is 0.930. The molecule has 8 nitrogen and oxygen atoms in total. The lowest BCUT2D eigenvalue weighted by atomic mass is 10.2. The predicted octanol–water partition coefficient (Wildman–Crippen LogP) is 0.813. The molecule has 0 spiro atoms. The van der Waals surface area contributed by atoms with Crippen molar-refractivity contribution in [2.75, 3.05) is 33.4 Å². The number of nitrogens with two attached hydrogens (primary N) is 1. The van der Waals surface area contributed by atoms with Crippen molar-refractivity contribution in [3.8, 4) is 0 Å². The van der Waals surface area contributed by atoms with Gasteiger partial charge >= 0.3 is 0 Å². The topological polar surface area (TPSA) is 115 Å². The number of guanidine groups is 1. The molecule has 0 aliphatic carbocycles. The fourth-order valence-electron chi connectivity index (χ4n) is 2.38. The second-order valence-electron chi connectivity index (χ2n) is 5.75. The lowest BCUT2D eigenvalue weighted by Crippen LogP contribution is -2.37.